The van der Waals surface area contributed by atoms with Gasteiger partial charge >= 0.3 is 0 Å². The lowest BCUT2D eigenvalue weighted by Crippen LogP contribution is -2.68. The topological polar surface area (TPSA) is 82.3 Å². The van der Waals surface area contributed by atoms with Crippen LogP contribution in [0.4, 0.5) is 0 Å². The van der Waals surface area contributed by atoms with E-state index in [0.717, 1.165) is 77.0 Å². The molecule has 0 bridgehead atoms. The van der Waals surface area contributed by atoms with E-state index in [2.05, 4.69) is 90.5 Å². The van der Waals surface area contributed by atoms with Gasteiger partial charge in [0.2, 0.25) is 11.8 Å². The van der Waals surface area contributed by atoms with E-state index < -0.39 is 0 Å². The molecule has 0 aliphatic carbocycles. The van der Waals surface area contributed by atoms with Crippen molar-refractivity contribution in [3.63, 3.8) is 0 Å². The molecule has 2 heterocycles. The number of rotatable bonds is 15. The molecule has 2 amide bonds. The second-order valence-electron chi connectivity index (χ2n) is 14.6. The van der Waals surface area contributed by atoms with E-state index in [9.17, 15) is 9.59 Å². The summed E-state index contributed by atoms with van der Waals surface area (Å²) in [5, 5.41) is 14.6. The molecule has 6 nitrogen and oxygen atoms in total. The van der Waals surface area contributed by atoms with Crippen LogP contribution < -0.4 is 21.3 Å². The van der Waals surface area contributed by atoms with Crippen molar-refractivity contribution < 1.29 is 9.59 Å². The summed E-state index contributed by atoms with van der Waals surface area (Å²) in [6, 6.07) is 0.461. The summed E-state index contributed by atoms with van der Waals surface area (Å²) < 4.78 is 0. The minimum Gasteiger partial charge on any atom is -0.353 e. The van der Waals surface area contributed by atoms with Crippen molar-refractivity contribution in [1.82, 2.24) is 21.3 Å². The van der Waals surface area contributed by atoms with Gasteiger partial charge in [0.05, 0.1) is 0 Å². The highest BCUT2D eigenvalue weighted by atomic mass is 16.2. The molecular weight excluding hydrogens is 496 g/mol. The molecule has 6 heteroatoms. The summed E-state index contributed by atoms with van der Waals surface area (Å²) in [5.74, 6) is 1.22. The van der Waals surface area contributed by atoms with E-state index in [-0.39, 0.29) is 46.1 Å². The maximum atomic E-state index is 12.8. The van der Waals surface area contributed by atoms with Crippen LogP contribution in [0.2, 0.25) is 0 Å². The van der Waals surface area contributed by atoms with Crippen LogP contribution in [-0.2, 0) is 9.59 Å². The smallest absolute Gasteiger partial charge is 0.220 e. The lowest BCUT2D eigenvalue weighted by molar-refractivity contribution is -0.124. The quantitative estimate of drug-likeness (QED) is 0.162. The van der Waals surface area contributed by atoms with Crippen LogP contribution in [0.1, 0.15) is 159 Å². The summed E-state index contributed by atoms with van der Waals surface area (Å²) in [7, 11) is 0. The molecule has 8 unspecified atom stereocenters. The van der Waals surface area contributed by atoms with Crippen molar-refractivity contribution in [3.8, 4) is 0 Å². The zero-order chi connectivity index (χ0) is 30.2. The first-order valence-corrected chi connectivity index (χ1v) is 16.9. The zero-order valence-electron chi connectivity index (χ0n) is 28.0. The zero-order valence-corrected chi connectivity index (χ0v) is 28.0. The number of hydrogen-bond acceptors (Lipinski definition) is 4. The van der Waals surface area contributed by atoms with E-state index in [1.54, 1.807) is 0 Å². The highest BCUT2D eigenvalue weighted by molar-refractivity contribution is 5.76. The van der Waals surface area contributed by atoms with Crippen LogP contribution in [0.5, 0.6) is 0 Å². The minimum atomic E-state index is 0.0515. The molecule has 0 spiro atoms. The van der Waals surface area contributed by atoms with Crippen LogP contribution in [0.15, 0.2) is 0 Å². The second-order valence-corrected chi connectivity index (χ2v) is 14.6. The molecule has 0 radical (unpaired) electrons. The first kappa shape index (κ1) is 35.1. The highest BCUT2D eigenvalue weighted by Crippen LogP contribution is 2.38. The van der Waals surface area contributed by atoms with Crippen molar-refractivity contribution >= 4 is 11.8 Å². The Morgan fingerprint density at radius 3 is 1.23 bits per heavy atom. The first-order chi connectivity index (χ1) is 18.7. The van der Waals surface area contributed by atoms with Crippen LogP contribution in [-0.4, -0.2) is 46.1 Å². The molecule has 2 fully saturated rings. The molecule has 0 aromatic rings. The molecule has 0 aromatic heterocycles. The number of amides is 2. The third-order valence-electron chi connectivity index (χ3n) is 11.5. The summed E-state index contributed by atoms with van der Waals surface area (Å²) in [6.45, 7) is 22.8. The lowest BCUT2D eigenvalue weighted by atomic mass is 9.69. The van der Waals surface area contributed by atoms with Crippen molar-refractivity contribution in [2.75, 3.05) is 0 Å². The van der Waals surface area contributed by atoms with Crippen molar-refractivity contribution in [2.45, 2.75) is 193 Å². The van der Waals surface area contributed by atoms with Gasteiger partial charge in [-0.1, -0.05) is 67.2 Å². The fraction of sp³-hybridized carbons (Fsp3) is 0.941. The average Bonchev–Trinajstić information content (AvgIpc) is 2.91. The van der Waals surface area contributed by atoms with Crippen LogP contribution in [0.3, 0.4) is 0 Å². The van der Waals surface area contributed by atoms with Crippen LogP contribution in [0, 0.1) is 11.8 Å². The minimum absolute atomic E-state index is 0.0515. The molecular formula is C34H66N4O2. The van der Waals surface area contributed by atoms with Gasteiger partial charge in [-0.25, -0.2) is 0 Å². The average molecular weight is 563 g/mol. The first-order valence-electron chi connectivity index (χ1n) is 16.9. The lowest BCUT2D eigenvalue weighted by Gasteiger charge is -2.53. The molecule has 40 heavy (non-hydrogen) atoms. The van der Waals surface area contributed by atoms with Gasteiger partial charge in [-0.15, -0.1) is 0 Å². The predicted molar refractivity (Wildman–Crippen MR) is 169 cm³/mol. The van der Waals surface area contributed by atoms with Crippen LogP contribution in [0.25, 0.3) is 0 Å². The van der Waals surface area contributed by atoms with E-state index in [4.69, 9.17) is 0 Å². The van der Waals surface area contributed by atoms with E-state index >= 15 is 0 Å². The Kier molecular flexibility index (Phi) is 13.0. The third-order valence-corrected chi connectivity index (χ3v) is 11.5. The van der Waals surface area contributed by atoms with Gasteiger partial charge in [0.25, 0.3) is 0 Å². The van der Waals surface area contributed by atoms with Gasteiger partial charge < -0.3 is 21.3 Å². The standard InChI is InChI=1S/C34H66N4O2/c1-11-31(7)23-27(25(5)33(9,13-3)37-31)35-29(39)21-19-17-15-16-18-20-22-30(40)36-28-24-32(8,12-2)38-34(10,14-4)26(28)6/h25-28,37-38H,11-24H2,1-10H3,(H,35,39)(H,36,40). The maximum absolute atomic E-state index is 12.8. The largest absolute Gasteiger partial charge is 0.353 e. The van der Waals surface area contributed by atoms with Crippen molar-refractivity contribution in [3.05, 3.63) is 0 Å². The van der Waals surface area contributed by atoms with E-state index in [0.29, 0.717) is 24.7 Å². The second kappa shape index (κ2) is 14.8. The summed E-state index contributed by atoms with van der Waals surface area (Å²) >= 11 is 0. The van der Waals surface area contributed by atoms with Gasteiger partial charge in [0.15, 0.2) is 0 Å². The van der Waals surface area contributed by atoms with Gasteiger partial charge in [-0.3, -0.25) is 9.59 Å². The molecule has 0 saturated carbocycles. The third kappa shape index (κ3) is 9.18. The molecule has 234 valence electrons. The SMILES string of the molecule is CCC1(C)CC(NC(=O)CCCCCCCCC(=O)NC2CC(C)(CC)NC(C)(CC)C2C)C(C)C(C)(CC)N1. The van der Waals surface area contributed by atoms with Gasteiger partial charge in [0.1, 0.15) is 0 Å². The summed E-state index contributed by atoms with van der Waals surface area (Å²) in [4.78, 5) is 25.6. The van der Waals surface area contributed by atoms with Crippen LogP contribution >= 0.6 is 0 Å². The number of nitrogens with one attached hydrogen (secondary N) is 4. The number of carbonyl (C=O) groups is 2. The summed E-state index contributed by atoms with van der Waals surface area (Å²) in [6.07, 6.45) is 13.8. The Balaban J connectivity index is 1.64. The maximum Gasteiger partial charge on any atom is 0.220 e. The Morgan fingerprint density at radius 2 is 0.925 bits per heavy atom. The molecule has 2 saturated heterocycles. The van der Waals surface area contributed by atoms with E-state index in [1.807, 2.05) is 0 Å². The monoisotopic (exact) mass is 563 g/mol. The number of unbranched alkanes of at least 4 members (excludes halogenated alkanes) is 5. The molecule has 4 N–H and O–H groups in total. The molecule has 2 aliphatic heterocycles. The highest BCUT2D eigenvalue weighted by Gasteiger charge is 2.47. The number of piperidine rings is 2. The van der Waals surface area contributed by atoms with E-state index in [1.165, 1.54) is 0 Å². The van der Waals surface area contributed by atoms with Gasteiger partial charge in [-0.2, -0.15) is 0 Å². The number of hydrogen-bond donors (Lipinski definition) is 4. The van der Waals surface area contributed by atoms with Gasteiger partial charge in [0, 0.05) is 47.1 Å². The Hall–Kier alpha value is -1.14. The molecule has 8 atom stereocenters. The fourth-order valence-electron chi connectivity index (χ4n) is 7.40. The predicted octanol–water partition coefficient (Wildman–Crippen LogP) is 7.01. The molecule has 2 aliphatic rings. The normalized spacial score (nSPS) is 38.1. The number of carbonyl (C=O) groups excluding carboxylic acids is 2. The molecule has 0 aromatic carbocycles. The van der Waals surface area contributed by atoms with Gasteiger partial charge in [-0.05, 0) is 90.9 Å². The fourth-order valence-corrected chi connectivity index (χ4v) is 7.40. The van der Waals surface area contributed by atoms with Crippen molar-refractivity contribution in [2.24, 2.45) is 11.8 Å². The Bertz CT molecular complexity index is 754. The Labute approximate surface area is 247 Å². The molecule has 2 rings (SSSR count). The van der Waals surface area contributed by atoms with Crippen molar-refractivity contribution in [1.29, 1.82) is 0 Å². The summed E-state index contributed by atoms with van der Waals surface area (Å²) in [5.41, 5.74) is 0.250. The Morgan fingerprint density at radius 1 is 0.600 bits per heavy atom.